The van der Waals surface area contributed by atoms with Crippen LogP contribution in [-0.4, -0.2) is 52.8 Å². The summed E-state index contributed by atoms with van der Waals surface area (Å²) in [7, 11) is 0. The van der Waals surface area contributed by atoms with Crippen LogP contribution in [0.2, 0.25) is 0 Å². The Bertz CT molecular complexity index is 1330. The first-order chi connectivity index (χ1) is 21.0. The summed E-state index contributed by atoms with van der Waals surface area (Å²) >= 11 is 0. The molecular formula is C34H40N4O6. The first-order valence-corrected chi connectivity index (χ1v) is 14.5. The van der Waals surface area contributed by atoms with Crippen molar-refractivity contribution in [3.05, 3.63) is 108 Å². The molecule has 0 radical (unpaired) electrons. The molecule has 44 heavy (non-hydrogen) atoms. The zero-order valence-corrected chi connectivity index (χ0v) is 25.4. The SMILES string of the molecule is CC(=O)N[C@H](C)C(=O)N[C@H](C(=O)N[C@H](CCC(=O)NC(c1ccccc1)(c1ccccc1)c1ccccc1)C(=O)O)C(C)C. The first-order valence-electron chi connectivity index (χ1n) is 14.5. The third-order valence-corrected chi connectivity index (χ3v) is 7.28. The third kappa shape index (κ3) is 8.53. The Morgan fingerprint density at radius 1 is 0.682 bits per heavy atom. The topological polar surface area (TPSA) is 154 Å². The maximum Gasteiger partial charge on any atom is 0.326 e. The summed E-state index contributed by atoms with van der Waals surface area (Å²) in [5.74, 6) is -3.81. The van der Waals surface area contributed by atoms with Crippen LogP contribution >= 0.6 is 0 Å². The summed E-state index contributed by atoms with van der Waals surface area (Å²) in [6.45, 7) is 6.15. The van der Waals surface area contributed by atoms with Gasteiger partial charge in [-0.1, -0.05) is 105 Å². The summed E-state index contributed by atoms with van der Waals surface area (Å²) < 4.78 is 0. The lowest BCUT2D eigenvalue weighted by atomic mass is 9.77. The molecule has 0 unspecified atom stereocenters. The van der Waals surface area contributed by atoms with Gasteiger partial charge in [-0.3, -0.25) is 19.2 Å². The lowest BCUT2D eigenvalue weighted by molar-refractivity contribution is -0.143. The predicted octanol–water partition coefficient (Wildman–Crippen LogP) is 3.11. The number of benzene rings is 3. The summed E-state index contributed by atoms with van der Waals surface area (Å²) in [5.41, 5.74) is 1.38. The molecule has 0 aliphatic heterocycles. The number of amides is 4. The third-order valence-electron chi connectivity index (χ3n) is 7.28. The highest BCUT2D eigenvalue weighted by molar-refractivity contribution is 5.93. The van der Waals surface area contributed by atoms with Gasteiger partial charge in [0.15, 0.2) is 0 Å². The number of nitrogens with one attached hydrogen (secondary N) is 4. The average molecular weight is 601 g/mol. The maximum absolute atomic E-state index is 13.6. The highest BCUT2D eigenvalue weighted by Gasteiger charge is 2.38. The van der Waals surface area contributed by atoms with Gasteiger partial charge in [0.2, 0.25) is 23.6 Å². The molecule has 10 heteroatoms. The summed E-state index contributed by atoms with van der Waals surface area (Å²) in [6.07, 6.45) is -0.397. The predicted molar refractivity (Wildman–Crippen MR) is 166 cm³/mol. The molecule has 0 heterocycles. The van der Waals surface area contributed by atoms with Gasteiger partial charge in [-0.15, -0.1) is 0 Å². The normalized spacial score (nSPS) is 13.2. The van der Waals surface area contributed by atoms with Gasteiger partial charge in [0, 0.05) is 13.3 Å². The Morgan fingerprint density at radius 3 is 1.52 bits per heavy atom. The highest BCUT2D eigenvalue weighted by Crippen LogP contribution is 2.36. The Morgan fingerprint density at radius 2 is 1.14 bits per heavy atom. The van der Waals surface area contributed by atoms with E-state index in [1.807, 2.05) is 91.0 Å². The molecule has 3 atom stereocenters. The number of hydrogen-bond acceptors (Lipinski definition) is 5. The Labute approximate surface area is 257 Å². The minimum atomic E-state index is -1.39. The quantitative estimate of drug-likeness (QED) is 0.179. The fourth-order valence-corrected chi connectivity index (χ4v) is 5.03. The smallest absolute Gasteiger partial charge is 0.326 e. The van der Waals surface area contributed by atoms with Crippen LogP contribution in [0.3, 0.4) is 0 Å². The van der Waals surface area contributed by atoms with Gasteiger partial charge in [0.1, 0.15) is 23.7 Å². The molecule has 3 aromatic carbocycles. The number of rotatable bonds is 14. The molecule has 0 aliphatic rings. The van der Waals surface area contributed by atoms with Crippen molar-refractivity contribution in [2.75, 3.05) is 0 Å². The van der Waals surface area contributed by atoms with Crippen molar-refractivity contribution in [3.8, 4) is 0 Å². The van der Waals surface area contributed by atoms with Crippen LogP contribution in [0.4, 0.5) is 0 Å². The zero-order valence-electron chi connectivity index (χ0n) is 25.4. The molecule has 4 amide bonds. The Balaban J connectivity index is 1.82. The lowest BCUT2D eigenvalue weighted by Gasteiger charge is -2.37. The second kappa shape index (κ2) is 15.5. The van der Waals surface area contributed by atoms with Crippen molar-refractivity contribution in [1.82, 2.24) is 21.3 Å². The van der Waals surface area contributed by atoms with E-state index in [0.717, 1.165) is 16.7 Å². The van der Waals surface area contributed by atoms with Gasteiger partial charge in [0.05, 0.1) is 0 Å². The average Bonchev–Trinajstić information content (AvgIpc) is 3.01. The second-order valence-electron chi connectivity index (χ2n) is 11.0. The van der Waals surface area contributed by atoms with E-state index in [1.165, 1.54) is 13.8 Å². The van der Waals surface area contributed by atoms with Gasteiger partial charge in [-0.25, -0.2) is 4.79 Å². The molecule has 5 N–H and O–H groups in total. The van der Waals surface area contributed by atoms with Crippen LogP contribution < -0.4 is 21.3 Å². The van der Waals surface area contributed by atoms with Gasteiger partial charge in [0.25, 0.3) is 0 Å². The van der Waals surface area contributed by atoms with E-state index in [0.29, 0.717) is 0 Å². The van der Waals surface area contributed by atoms with E-state index in [2.05, 4.69) is 21.3 Å². The molecule has 0 fully saturated rings. The number of carboxylic acids is 1. The van der Waals surface area contributed by atoms with Crippen LogP contribution in [0.5, 0.6) is 0 Å². The van der Waals surface area contributed by atoms with E-state index in [-0.39, 0.29) is 18.8 Å². The molecule has 0 spiro atoms. The van der Waals surface area contributed by atoms with Crippen molar-refractivity contribution >= 4 is 29.6 Å². The number of aliphatic carboxylic acids is 1. The molecule has 0 saturated carbocycles. The number of hydrogen-bond donors (Lipinski definition) is 5. The molecule has 0 aromatic heterocycles. The van der Waals surface area contributed by atoms with E-state index >= 15 is 0 Å². The number of carboxylic acid groups (broad SMARTS) is 1. The number of carbonyl (C=O) groups is 5. The summed E-state index contributed by atoms with van der Waals surface area (Å²) in [6, 6.07) is 25.2. The fourth-order valence-electron chi connectivity index (χ4n) is 5.03. The Kier molecular flexibility index (Phi) is 11.8. The molecule has 10 nitrogen and oxygen atoms in total. The largest absolute Gasteiger partial charge is 0.480 e. The lowest BCUT2D eigenvalue weighted by Crippen LogP contribution is -2.56. The second-order valence-corrected chi connectivity index (χ2v) is 11.0. The molecular weight excluding hydrogens is 560 g/mol. The molecule has 0 saturated heterocycles. The minimum Gasteiger partial charge on any atom is -0.480 e. The van der Waals surface area contributed by atoms with Crippen LogP contribution in [-0.2, 0) is 29.5 Å². The van der Waals surface area contributed by atoms with Gasteiger partial charge in [-0.2, -0.15) is 0 Å². The van der Waals surface area contributed by atoms with Crippen molar-refractivity contribution in [2.45, 2.75) is 64.2 Å². The van der Waals surface area contributed by atoms with Crippen LogP contribution in [0.1, 0.15) is 57.2 Å². The Hall–Kier alpha value is -4.99. The first kappa shape index (κ1) is 33.5. The van der Waals surface area contributed by atoms with E-state index in [9.17, 15) is 29.1 Å². The molecule has 3 aromatic rings. The summed E-state index contributed by atoms with van der Waals surface area (Å²) in [5, 5.41) is 20.6. The van der Waals surface area contributed by atoms with Gasteiger partial charge >= 0.3 is 5.97 Å². The molecule has 0 bridgehead atoms. The van der Waals surface area contributed by atoms with E-state index in [4.69, 9.17) is 0 Å². The molecule has 0 aliphatic carbocycles. The van der Waals surface area contributed by atoms with Gasteiger partial charge < -0.3 is 26.4 Å². The van der Waals surface area contributed by atoms with Crippen molar-refractivity contribution in [1.29, 1.82) is 0 Å². The fraction of sp³-hybridized carbons (Fsp3) is 0.324. The van der Waals surface area contributed by atoms with Crippen molar-refractivity contribution < 1.29 is 29.1 Å². The van der Waals surface area contributed by atoms with Gasteiger partial charge in [-0.05, 0) is 36.0 Å². The molecule has 232 valence electrons. The van der Waals surface area contributed by atoms with Crippen LogP contribution in [0, 0.1) is 5.92 Å². The van der Waals surface area contributed by atoms with E-state index in [1.54, 1.807) is 13.8 Å². The maximum atomic E-state index is 13.6. The van der Waals surface area contributed by atoms with Crippen LogP contribution in [0.25, 0.3) is 0 Å². The van der Waals surface area contributed by atoms with Crippen LogP contribution in [0.15, 0.2) is 91.0 Å². The standard InChI is InChI=1S/C34H40N4O6/c1-22(2)30(37-31(41)23(3)35-24(4)39)32(42)36-28(33(43)44)20-21-29(40)38-34(25-14-8-5-9-15-25,26-16-10-6-11-17-26)27-18-12-7-13-19-27/h5-19,22-23,28,30H,20-21H2,1-4H3,(H,35,39)(H,36,42)(H,37,41)(H,38,40)(H,43,44)/t23-,28-,30+/m1/s1. The molecule has 3 rings (SSSR count). The minimum absolute atomic E-state index is 0.192. The van der Waals surface area contributed by atoms with E-state index < -0.39 is 53.3 Å². The highest BCUT2D eigenvalue weighted by atomic mass is 16.4. The summed E-state index contributed by atoms with van der Waals surface area (Å²) in [4.78, 5) is 62.8. The monoisotopic (exact) mass is 600 g/mol. The van der Waals surface area contributed by atoms with Crippen molar-refractivity contribution in [3.63, 3.8) is 0 Å². The number of carbonyl (C=O) groups excluding carboxylic acids is 4. The zero-order chi connectivity index (χ0) is 32.3. The van der Waals surface area contributed by atoms with Crippen molar-refractivity contribution in [2.24, 2.45) is 5.92 Å².